The number of esters is 1. The summed E-state index contributed by atoms with van der Waals surface area (Å²) in [5, 5.41) is 2.86. The first-order valence-corrected chi connectivity index (χ1v) is 11.3. The van der Waals surface area contributed by atoms with Gasteiger partial charge in [0.15, 0.2) is 5.78 Å². The van der Waals surface area contributed by atoms with Gasteiger partial charge in [-0.2, -0.15) is 0 Å². The predicted molar refractivity (Wildman–Crippen MR) is 135 cm³/mol. The van der Waals surface area contributed by atoms with Crippen LogP contribution in [0.4, 0.5) is 5.69 Å². The van der Waals surface area contributed by atoms with Crippen LogP contribution in [0.15, 0.2) is 103 Å². The molecular formula is C30H25NO4. The highest BCUT2D eigenvalue weighted by Crippen LogP contribution is 2.24. The molecule has 0 heterocycles. The molecule has 0 aromatic heterocycles. The average Bonchev–Trinajstić information content (AvgIpc) is 2.87. The third-order valence-corrected chi connectivity index (χ3v) is 5.48. The fourth-order valence-corrected chi connectivity index (χ4v) is 3.93. The number of hydrogen-bond acceptors (Lipinski definition) is 4. The Labute approximate surface area is 204 Å². The summed E-state index contributed by atoms with van der Waals surface area (Å²) in [6.07, 6.45) is -1.20. The van der Waals surface area contributed by atoms with Crippen molar-refractivity contribution in [3.8, 4) is 0 Å². The van der Waals surface area contributed by atoms with E-state index in [-0.39, 0.29) is 16.9 Å². The van der Waals surface area contributed by atoms with Crippen LogP contribution in [0, 0.1) is 13.8 Å². The molecule has 0 aliphatic carbocycles. The van der Waals surface area contributed by atoms with Crippen molar-refractivity contribution in [1.82, 2.24) is 0 Å². The maximum absolute atomic E-state index is 13.3. The van der Waals surface area contributed by atoms with E-state index in [0.717, 1.165) is 11.1 Å². The number of amides is 1. The maximum atomic E-state index is 13.3. The van der Waals surface area contributed by atoms with Gasteiger partial charge in [-0.05, 0) is 43.2 Å². The third-order valence-electron chi connectivity index (χ3n) is 5.48. The van der Waals surface area contributed by atoms with Crippen molar-refractivity contribution < 1.29 is 19.1 Å². The number of rotatable bonds is 7. The van der Waals surface area contributed by atoms with Gasteiger partial charge in [-0.15, -0.1) is 0 Å². The van der Waals surface area contributed by atoms with Crippen molar-refractivity contribution in [3.63, 3.8) is 0 Å². The lowest BCUT2D eigenvalue weighted by Crippen LogP contribution is -2.26. The van der Waals surface area contributed by atoms with Crippen LogP contribution in [-0.2, 0) is 9.53 Å². The summed E-state index contributed by atoms with van der Waals surface area (Å²) < 4.78 is 5.74. The van der Waals surface area contributed by atoms with Crippen LogP contribution in [0.1, 0.15) is 49.1 Å². The van der Waals surface area contributed by atoms with Gasteiger partial charge in [0, 0.05) is 22.4 Å². The Hall–Kier alpha value is -4.51. The first-order valence-electron chi connectivity index (χ1n) is 11.3. The van der Waals surface area contributed by atoms with Crippen LogP contribution in [0.25, 0.3) is 0 Å². The fraction of sp³-hybridized carbons (Fsp3) is 0.100. The molecule has 4 rings (SSSR count). The minimum absolute atomic E-state index is 0.0986. The first kappa shape index (κ1) is 23.6. The van der Waals surface area contributed by atoms with E-state index >= 15 is 0 Å². The quantitative estimate of drug-likeness (QED) is 0.267. The summed E-state index contributed by atoms with van der Waals surface area (Å²) in [6.45, 7) is 3.88. The van der Waals surface area contributed by atoms with Crippen LogP contribution >= 0.6 is 0 Å². The van der Waals surface area contributed by atoms with Gasteiger partial charge in [0.1, 0.15) is 0 Å². The second-order valence-electron chi connectivity index (χ2n) is 8.30. The van der Waals surface area contributed by atoms with Gasteiger partial charge in [-0.25, -0.2) is 4.79 Å². The molecule has 5 nitrogen and oxygen atoms in total. The highest BCUT2D eigenvalue weighted by molar-refractivity contribution is 6.14. The molecular weight excluding hydrogens is 438 g/mol. The topological polar surface area (TPSA) is 72.5 Å². The lowest BCUT2D eigenvalue weighted by atomic mass is 9.98. The Morgan fingerprint density at radius 2 is 1.23 bits per heavy atom. The van der Waals surface area contributed by atoms with Crippen LogP contribution in [0.2, 0.25) is 0 Å². The molecule has 1 atom stereocenters. The van der Waals surface area contributed by atoms with Crippen molar-refractivity contribution >= 4 is 23.3 Å². The highest BCUT2D eigenvalue weighted by Gasteiger charge is 2.28. The molecule has 0 fully saturated rings. The minimum atomic E-state index is -1.20. The van der Waals surface area contributed by atoms with E-state index in [0.29, 0.717) is 16.8 Å². The van der Waals surface area contributed by atoms with Crippen molar-refractivity contribution in [1.29, 1.82) is 0 Å². The molecule has 0 saturated carbocycles. The zero-order chi connectivity index (χ0) is 24.8. The number of carbonyl (C=O) groups is 3. The Morgan fingerprint density at radius 3 is 1.86 bits per heavy atom. The lowest BCUT2D eigenvalue weighted by Gasteiger charge is -2.19. The molecule has 0 aliphatic heterocycles. The van der Waals surface area contributed by atoms with Crippen molar-refractivity contribution in [2.75, 3.05) is 5.32 Å². The van der Waals surface area contributed by atoms with E-state index in [2.05, 4.69) is 5.32 Å². The predicted octanol–water partition coefficient (Wildman–Crippen LogP) is 6.07. The summed E-state index contributed by atoms with van der Waals surface area (Å²) in [6, 6.07) is 29.7. The second kappa shape index (κ2) is 10.6. The zero-order valence-corrected chi connectivity index (χ0v) is 19.5. The van der Waals surface area contributed by atoms with E-state index in [1.165, 1.54) is 6.07 Å². The monoisotopic (exact) mass is 463 g/mol. The molecule has 174 valence electrons. The van der Waals surface area contributed by atoms with Crippen molar-refractivity contribution in [2.45, 2.75) is 20.0 Å². The number of carbonyl (C=O) groups excluding carboxylic acids is 3. The van der Waals surface area contributed by atoms with Gasteiger partial charge < -0.3 is 10.1 Å². The van der Waals surface area contributed by atoms with Gasteiger partial charge >= 0.3 is 5.97 Å². The smallest absolute Gasteiger partial charge is 0.340 e. The molecule has 35 heavy (non-hydrogen) atoms. The SMILES string of the molecule is Cc1cc(C)cc(NC(=O)[C@H](OC(=O)c2ccccc2C(=O)c2ccccc2)c2ccccc2)c1. The summed E-state index contributed by atoms with van der Waals surface area (Å²) in [7, 11) is 0. The van der Waals surface area contributed by atoms with Crippen LogP contribution in [-0.4, -0.2) is 17.7 Å². The van der Waals surface area contributed by atoms with Crippen LogP contribution < -0.4 is 5.32 Å². The van der Waals surface area contributed by atoms with Crippen molar-refractivity contribution in [3.05, 3.63) is 137 Å². The molecule has 4 aromatic rings. The van der Waals surface area contributed by atoms with Gasteiger partial charge in [0.25, 0.3) is 5.91 Å². The Balaban J connectivity index is 1.64. The molecule has 0 radical (unpaired) electrons. The van der Waals surface area contributed by atoms with Gasteiger partial charge in [-0.1, -0.05) is 84.9 Å². The lowest BCUT2D eigenvalue weighted by molar-refractivity contribution is -0.125. The molecule has 0 unspecified atom stereocenters. The fourth-order valence-electron chi connectivity index (χ4n) is 3.93. The molecule has 0 spiro atoms. The summed E-state index contributed by atoms with van der Waals surface area (Å²) in [5.74, 6) is -1.54. The summed E-state index contributed by atoms with van der Waals surface area (Å²) >= 11 is 0. The molecule has 0 bridgehead atoms. The van der Waals surface area contributed by atoms with E-state index in [9.17, 15) is 14.4 Å². The van der Waals surface area contributed by atoms with Crippen LogP contribution in [0.5, 0.6) is 0 Å². The molecule has 4 aromatic carbocycles. The van der Waals surface area contributed by atoms with E-state index in [1.54, 1.807) is 66.7 Å². The molecule has 0 aliphatic rings. The highest BCUT2D eigenvalue weighted by atomic mass is 16.5. The van der Waals surface area contributed by atoms with E-state index in [4.69, 9.17) is 4.74 Å². The average molecular weight is 464 g/mol. The molecule has 1 amide bonds. The number of anilines is 1. The van der Waals surface area contributed by atoms with Crippen LogP contribution in [0.3, 0.4) is 0 Å². The van der Waals surface area contributed by atoms with E-state index in [1.807, 2.05) is 44.2 Å². The number of aryl methyl sites for hydroxylation is 2. The minimum Gasteiger partial charge on any atom is -0.444 e. The Kier molecular flexibility index (Phi) is 7.17. The number of nitrogens with one attached hydrogen (secondary N) is 1. The number of hydrogen-bond donors (Lipinski definition) is 1. The maximum Gasteiger partial charge on any atom is 0.340 e. The Morgan fingerprint density at radius 1 is 0.686 bits per heavy atom. The normalized spacial score (nSPS) is 11.4. The van der Waals surface area contributed by atoms with Crippen molar-refractivity contribution in [2.24, 2.45) is 0 Å². The first-order chi connectivity index (χ1) is 16.9. The summed E-state index contributed by atoms with van der Waals surface area (Å²) in [5.41, 5.74) is 3.91. The standard InChI is InChI=1S/C30H25NO4/c1-20-17-21(2)19-24(18-20)31-29(33)28(23-13-7-4-8-14-23)35-30(34)26-16-10-9-15-25(26)27(32)22-11-5-3-6-12-22/h3-19,28H,1-2H3,(H,31,33)/t28-/m1/s1. The van der Waals surface area contributed by atoms with E-state index < -0.39 is 18.0 Å². The van der Waals surface area contributed by atoms with Gasteiger partial charge in [-0.3, -0.25) is 9.59 Å². The largest absolute Gasteiger partial charge is 0.444 e. The number of ether oxygens (including phenoxy) is 1. The molecule has 1 N–H and O–H groups in total. The summed E-state index contributed by atoms with van der Waals surface area (Å²) in [4.78, 5) is 39.7. The molecule has 0 saturated heterocycles. The Bertz CT molecular complexity index is 1340. The number of ketones is 1. The molecule has 5 heteroatoms. The third kappa shape index (κ3) is 5.71. The van der Waals surface area contributed by atoms with Gasteiger partial charge in [0.05, 0.1) is 5.56 Å². The zero-order valence-electron chi connectivity index (χ0n) is 19.5. The van der Waals surface area contributed by atoms with Gasteiger partial charge in [0.2, 0.25) is 6.10 Å². The number of benzene rings is 4. The second-order valence-corrected chi connectivity index (χ2v) is 8.30.